The first-order valence-corrected chi connectivity index (χ1v) is 4.87. The zero-order chi connectivity index (χ0) is 11.1. The van der Waals surface area contributed by atoms with Crippen LogP contribution in [0.15, 0.2) is 43.2 Å². The van der Waals surface area contributed by atoms with Crippen molar-refractivity contribution >= 4 is 0 Å². The minimum Gasteiger partial charge on any atom is -0.493 e. The lowest BCUT2D eigenvalue weighted by Crippen LogP contribution is -1.91. The Hall–Kier alpha value is -1.70. The van der Waals surface area contributed by atoms with Crippen molar-refractivity contribution in [3.8, 4) is 11.5 Å². The first-order chi connectivity index (χ1) is 7.31. The van der Waals surface area contributed by atoms with Crippen LogP contribution in [0.2, 0.25) is 0 Å². The van der Waals surface area contributed by atoms with E-state index >= 15 is 0 Å². The Morgan fingerprint density at radius 3 is 2.73 bits per heavy atom. The summed E-state index contributed by atoms with van der Waals surface area (Å²) in [5.74, 6) is 1.47. The van der Waals surface area contributed by atoms with Crippen molar-refractivity contribution in [1.29, 1.82) is 0 Å². The molecular formula is C13H16O2. The predicted molar refractivity (Wildman–Crippen MR) is 62.3 cm³/mol. The van der Waals surface area contributed by atoms with E-state index in [1.54, 1.807) is 13.4 Å². The van der Waals surface area contributed by atoms with E-state index in [1.165, 1.54) is 0 Å². The second-order valence-corrected chi connectivity index (χ2v) is 3.07. The van der Waals surface area contributed by atoms with Gasteiger partial charge in [-0.2, -0.15) is 0 Å². The fourth-order valence-electron chi connectivity index (χ4n) is 1.24. The van der Waals surface area contributed by atoms with Crippen LogP contribution in [0.3, 0.4) is 0 Å². The number of hydrogen-bond donors (Lipinski definition) is 0. The van der Waals surface area contributed by atoms with Crippen LogP contribution in [0.25, 0.3) is 0 Å². The van der Waals surface area contributed by atoms with Gasteiger partial charge < -0.3 is 9.47 Å². The van der Waals surface area contributed by atoms with Crippen LogP contribution in [0, 0.1) is 0 Å². The van der Waals surface area contributed by atoms with Crippen LogP contribution in [0.4, 0.5) is 0 Å². The Morgan fingerprint density at radius 1 is 1.33 bits per heavy atom. The molecule has 1 aromatic rings. The summed E-state index contributed by atoms with van der Waals surface area (Å²) in [4.78, 5) is 0. The molecule has 0 aliphatic carbocycles. The van der Waals surface area contributed by atoms with Gasteiger partial charge >= 0.3 is 0 Å². The molecule has 0 saturated carbocycles. The van der Waals surface area contributed by atoms with E-state index < -0.39 is 0 Å². The molecular weight excluding hydrogens is 188 g/mol. The molecule has 0 atom stereocenters. The molecule has 0 spiro atoms. The summed E-state index contributed by atoms with van der Waals surface area (Å²) in [5, 5.41) is 0. The van der Waals surface area contributed by atoms with Crippen molar-refractivity contribution in [2.75, 3.05) is 7.11 Å². The number of benzene rings is 1. The van der Waals surface area contributed by atoms with Crippen molar-refractivity contribution in [2.24, 2.45) is 0 Å². The van der Waals surface area contributed by atoms with Crippen molar-refractivity contribution in [3.05, 3.63) is 48.8 Å². The molecule has 1 aromatic carbocycles. The fourth-order valence-corrected chi connectivity index (χ4v) is 1.24. The number of rotatable bonds is 5. The number of hydrogen-bond acceptors (Lipinski definition) is 2. The molecule has 0 amide bonds. The maximum atomic E-state index is 5.38. The summed E-state index contributed by atoms with van der Waals surface area (Å²) in [6, 6.07) is 5.86. The lowest BCUT2D eigenvalue weighted by molar-refractivity contribution is 0.377. The first-order valence-electron chi connectivity index (χ1n) is 4.87. The zero-order valence-corrected chi connectivity index (χ0v) is 9.19. The van der Waals surface area contributed by atoms with Crippen molar-refractivity contribution < 1.29 is 9.47 Å². The summed E-state index contributed by atoms with van der Waals surface area (Å²) in [6.45, 7) is 5.60. The fraction of sp³-hybridized carbons (Fsp3) is 0.231. The second-order valence-electron chi connectivity index (χ2n) is 3.07. The molecule has 15 heavy (non-hydrogen) atoms. The number of allylic oxidation sites excluding steroid dienone is 2. The van der Waals surface area contributed by atoms with Gasteiger partial charge in [0.15, 0.2) is 11.5 Å². The molecule has 0 fully saturated rings. The van der Waals surface area contributed by atoms with Gasteiger partial charge in [0.25, 0.3) is 0 Å². The summed E-state index contributed by atoms with van der Waals surface area (Å²) in [7, 11) is 1.63. The largest absolute Gasteiger partial charge is 0.493 e. The smallest absolute Gasteiger partial charge is 0.168 e. The van der Waals surface area contributed by atoms with E-state index in [0.717, 1.165) is 23.5 Å². The molecule has 0 aliphatic rings. The van der Waals surface area contributed by atoms with Crippen LogP contribution in [-0.4, -0.2) is 7.11 Å². The van der Waals surface area contributed by atoms with E-state index in [-0.39, 0.29) is 0 Å². The standard InChI is InChI=1S/C13H16O2/c1-4-6-11-7-8-12(15-9-5-2)13(10-11)14-3/h4-5,7-10H,1,6H2,2-3H3. The molecule has 0 N–H and O–H groups in total. The Kier molecular flexibility index (Phi) is 4.48. The summed E-state index contributed by atoms with van der Waals surface area (Å²) in [5.41, 5.74) is 1.16. The number of ether oxygens (including phenoxy) is 2. The van der Waals surface area contributed by atoms with Gasteiger partial charge in [0.2, 0.25) is 0 Å². The Bertz CT molecular complexity index is 354. The van der Waals surface area contributed by atoms with Crippen LogP contribution in [0.1, 0.15) is 12.5 Å². The van der Waals surface area contributed by atoms with E-state index in [1.807, 2.05) is 37.3 Å². The lowest BCUT2D eigenvalue weighted by atomic mass is 10.1. The molecule has 80 valence electrons. The van der Waals surface area contributed by atoms with Crippen LogP contribution < -0.4 is 9.47 Å². The highest BCUT2D eigenvalue weighted by molar-refractivity contribution is 5.43. The molecule has 1 rings (SSSR count). The summed E-state index contributed by atoms with van der Waals surface area (Å²) >= 11 is 0. The minimum atomic E-state index is 0.725. The third-order valence-corrected chi connectivity index (χ3v) is 1.94. The van der Waals surface area contributed by atoms with Gasteiger partial charge in [0.1, 0.15) is 0 Å². The van der Waals surface area contributed by atoms with E-state index in [0.29, 0.717) is 0 Å². The molecule has 2 nitrogen and oxygen atoms in total. The summed E-state index contributed by atoms with van der Waals surface area (Å²) in [6.07, 6.45) is 6.16. The van der Waals surface area contributed by atoms with Crippen LogP contribution in [-0.2, 0) is 6.42 Å². The molecule has 0 unspecified atom stereocenters. The van der Waals surface area contributed by atoms with Gasteiger partial charge in [0.05, 0.1) is 13.4 Å². The minimum absolute atomic E-state index is 0.725. The average Bonchev–Trinajstić information content (AvgIpc) is 2.27. The van der Waals surface area contributed by atoms with Gasteiger partial charge in [0, 0.05) is 0 Å². The highest BCUT2D eigenvalue weighted by Gasteiger charge is 2.03. The predicted octanol–water partition coefficient (Wildman–Crippen LogP) is 3.34. The van der Waals surface area contributed by atoms with E-state index in [9.17, 15) is 0 Å². The van der Waals surface area contributed by atoms with Gasteiger partial charge in [-0.05, 0) is 31.0 Å². The molecule has 0 radical (unpaired) electrons. The SMILES string of the molecule is C=CCc1ccc(OC=CC)c(OC)c1. The Balaban J connectivity index is 2.92. The number of methoxy groups -OCH3 is 1. The van der Waals surface area contributed by atoms with Crippen molar-refractivity contribution in [1.82, 2.24) is 0 Å². The molecule has 0 saturated heterocycles. The van der Waals surface area contributed by atoms with Crippen LogP contribution in [0.5, 0.6) is 11.5 Å². The topological polar surface area (TPSA) is 18.5 Å². The second kappa shape index (κ2) is 5.91. The molecule has 0 aromatic heterocycles. The highest BCUT2D eigenvalue weighted by atomic mass is 16.5. The zero-order valence-electron chi connectivity index (χ0n) is 9.19. The Morgan fingerprint density at radius 2 is 2.13 bits per heavy atom. The Labute approximate surface area is 90.8 Å². The van der Waals surface area contributed by atoms with Gasteiger partial charge in [-0.1, -0.05) is 18.2 Å². The normalized spacial score (nSPS) is 10.3. The maximum Gasteiger partial charge on any atom is 0.168 e. The lowest BCUT2D eigenvalue weighted by Gasteiger charge is -2.08. The molecule has 0 heterocycles. The van der Waals surface area contributed by atoms with E-state index in [4.69, 9.17) is 9.47 Å². The monoisotopic (exact) mass is 204 g/mol. The van der Waals surface area contributed by atoms with Gasteiger partial charge in [-0.25, -0.2) is 0 Å². The van der Waals surface area contributed by atoms with Crippen LogP contribution >= 0.6 is 0 Å². The average molecular weight is 204 g/mol. The van der Waals surface area contributed by atoms with Gasteiger partial charge in [-0.3, -0.25) is 0 Å². The molecule has 2 heteroatoms. The van der Waals surface area contributed by atoms with Gasteiger partial charge in [-0.15, -0.1) is 6.58 Å². The molecule has 0 bridgehead atoms. The molecule has 0 aliphatic heterocycles. The third kappa shape index (κ3) is 3.17. The maximum absolute atomic E-state index is 5.38. The van der Waals surface area contributed by atoms with E-state index in [2.05, 4.69) is 6.58 Å². The highest BCUT2D eigenvalue weighted by Crippen LogP contribution is 2.28. The first kappa shape index (κ1) is 11.4. The van der Waals surface area contributed by atoms with Crippen molar-refractivity contribution in [2.45, 2.75) is 13.3 Å². The quantitative estimate of drug-likeness (QED) is 0.541. The summed E-state index contributed by atoms with van der Waals surface area (Å²) < 4.78 is 10.6. The third-order valence-electron chi connectivity index (χ3n) is 1.94. The van der Waals surface area contributed by atoms with Crippen molar-refractivity contribution in [3.63, 3.8) is 0 Å².